The van der Waals surface area contributed by atoms with E-state index in [1.807, 2.05) is 0 Å². The van der Waals surface area contributed by atoms with Crippen molar-refractivity contribution in [3.8, 4) is 0 Å². The molecule has 0 unspecified atom stereocenters. The fourth-order valence-electron chi connectivity index (χ4n) is 4.99. The normalized spacial score (nSPS) is 14.3. The van der Waals surface area contributed by atoms with Crippen LogP contribution in [0.2, 0.25) is 0 Å². The Hall–Kier alpha value is -2.08. The summed E-state index contributed by atoms with van der Waals surface area (Å²) in [6.07, 6.45) is 4.30. The Morgan fingerprint density at radius 3 is 2.21 bits per heavy atom. The second kappa shape index (κ2) is 16.1. The van der Waals surface area contributed by atoms with Crippen molar-refractivity contribution in [1.29, 1.82) is 0 Å². The number of carbonyl (C=O) groups excluding carboxylic acids is 1. The first-order valence-electron chi connectivity index (χ1n) is 14.8. The van der Waals surface area contributed by atoms with E-state index in [1.165, 1.54) is 16.9 Å². The van der Waals surface area contributed by atoms with Gasteiger partial charge in [0.25, 0.3) is 5.91 Å². The van der Waals surface area contributed by atoms with Gasteiger partial charge < -0.3 is 4.74 Å². The molecular formula is C31H45ClN4O4S2. The lowest BCUT2D eigenvalue weighted by Crippen LogP contribution is -2.39. The molecule has 8 nitrogen and oxygen atoms in total. The molecule has 1 aromatic heterocycles. The van der Waals surface area contributed by atoms with Crippen LogP contribution in [0.15, 0.2) is 41.3 Å². The number of aromatic nitrogens is 1. The van der Waals surface area contributed by atoms with E-state index in [2.05, 4.69) is 44.7 Å². The molecule has 0 atom stereocenters. The second-order valence-corrected chi connectivity index (χ2v) is 13.7. The molecule has 3 aromatic rings. The largest absolute Gasteiger partial charge is 0.379 e. The van der Waals surface area contributed by atoms with Crippen LogP contribution in [-0.4, -0.2) is 81.0 Å². The highest BCUT2D eigenvalue weighted by atomic mass is 35.5. The van der Waals surface area contributed by atoms with E-state index < -0.39 is 10.0 Å². The van der Waals surface area contributed by atoms with Crippen molar-refractivity contribution in [2.75, 3.05) is 57.4 Å². The van der Waals surface area contributed by atoms with Gasteiger partial charge >= 0.3 is 0 Å². The Labute approximate surface area is 261 Å². The maximum absolute atomic E-state index is 13.9. The molecule has 2 aromatic carbocycles. The Morgan fingerprint density at radius 1 is 0.952 bits per heavy atom. The number of carbonyl (C=O) groups is 1. The predicted molar refractivity (Wildman–Crippen MR) is 175 cm³/mol. The minimum atomic E-state index is -3.63. The summed E-state index contributed by atoms with van der Waals surface area (Å²) in [5.41, 5.74) is 3.67. The molecular weight excluding hydrogens is 592 g/mol. The molecule has 0 radical (unpaired) electrons. The zero-order valence-corrected chi connectivity index (χ0v) is 27.8. The van der Waals surface area contributed by atoms with Gasteiger partial charge in [0.2, 0.25) is 10.0 Å². The van der Waals surface area contributed by atoms with Gasteiger partial charge in [0, 0.05) is 44.8 Å². The van der Waals surface area contributed by atoms with Gasteiger partial charge in [-0.2, -0.15) is 4.31 Å². The number of hydrogen-bond donors (Lipinski definition) is 0. The molecule has 1 aliphatic rings. The van der Waals surface area contributed by atoms with Crippen LogP contribution < -0.4 is 4.90 Å². The molecule has 1 aliphatic heterocycles. The Balaban J connectivity index is 0.00000484. The number of hydrogen-bond acceptors (Lipinski definition) is 7. The number of unbranched alkanes of at least 4 members (excludes halogenated alkanes) is 2. The minimum Gasteiger partial charge on any atom is -0.379 e. The SMILES string of the molecule is CCCCN(CCCC)S(=O)(=O)c1ccc(C(=O)N(CCCN2CCOCC2)c2nc3c(C)c(C)ccc3s2)cc1.Cl. The zero-order valence-electron chi connectivity index (χ0n) is 25.3. The van der Waals surface area contributed by atoms with Crippen LogP contribution >= 0.6 is 23.7 Å². The topological polar surface area (TPSA) is 83.1 Å². The molecule has 42 heavy (non-hydrogen) atoms. The van der Waals surface area contributed by atoms with Gasteiger partial charge in [-0.15, -0.1) is 12.4 Å². The van der Waals surface area contributed by atoms with Crippen LogP contribution in [0.25, 0.3) is 10.2 Å². The molecule has 0 saturated carbocycles. The van der Waals surface area contributed by atoms with E-state index in [0.29, 0.717) is 30.3 Å². The Kier molecular flexibility index (Phi) is 13.2. The third kappa shape index (κ3) is 8.30. The van der Waals surface area contributed by atoms with Crippen LogP contribution in [-0.2, 0) is 14.8 Å². The van der Waals surface area contributed by atoms with Crippen molar-refractivity contribution in [2.24, 2.45) is 0 Å². The van der Waals surface area contributed by atoms with Gasteiger partial charge in [0.05, 0.1) is 28.3 Å². The molecule has 1 fully saturated rings. The second-order valence-electron chi connectivity index (χ2n) is 10.8. The van der Waals surface area contributed by atoms with E-state index in [-0.39, 0.29) is 23.2 Å². The van der Waals surface area contributed by atoms with E-state index >= 15 is 0 Å². The van der Waals surface area contributed by atoms with Crippen molar-refractivity contribution in [1.82, 2.24) is 14.2 Å². The number of fused-ring (bicyclic) bond motifs is 1. The molecule has 1 amide bonds. The third-order valence-corrected chi connectivity index (χ3v) is 10.7. The van der Waals surface area contributed by atoms with Crippen LogP contribution in [0, 0.1) is 13.8 Å². The maximum atomic E-state index is 13.9. The number of nitrogens with zero attached hydrogens (tertiary/aromatic N) is 4. The van der Waals surface area contributed by atoms with Gasteiger partial charge in [0.15, 0.2) is 5.13 Å². The number of benzene rings is 2. The summed E-state index contributed by atoms with van der Waals surface area (Å²) in [5.74, 6) is -0.168. The lowest BCUT2D eigenvalue weighted by Gasteiger charge is -2.27. The fourth-order valence-corrected chi connectivity index (χ4v) is 7.55. The first-order valence-corrected chi connectivity index (χ1v) is 17.1. The fraction of sp³-hybridized carbons (Fsp3) is 0.548. The molecule has 0 bridgehead atoms. The molecule has 1 saturated heterocycles. The number of sulfonamides is 1. The summed E-state index contributed by atoms with van der Waals surface area (Å²) >= 11 is 1.52. The van der Waals surface area contributed by atoms with Gasteiger partial charge in [-0.25, -0.2) is 13.4 Å². The van der Waals surface area contributed by atoms with Gasteiger partial charge in [-0.3, -0.25) is 14.6 Å². The zero-order chi connectivity index (χ0) is 29.4. The molecule has 232 valence electrons. The highest BCUT2D eigenvalue weighted by Gasteiger charge is 2.26. The van der Waals surface area contributed by atoms with E-state index in [9.17, 15) is 13.2 Å². The average Bonchev–Trinajstić information content (AvgIpc) is 3.42. The maximum Gasteiger partial charge on any atom is 0.260 e. The molecule has 0 aliphatic carbocycles. The molecule has 0 spiro atoms. The number of halogens is 1. The summed E-state index contributed by atoms with van der Waals surface area (Å²) in [6, 6.07) is 10.6. The van der Waals surface area contributed by atoms with E-state index in [1.54, 1.807) is 33.5 Å². The number of aryl methyl sites for hydroxylation is 2. The van der Waals surface area contributed by atoms with Crippen LogP contribution in [0.4, 0.5) is 5.13 Å². The molecule has 4 rings (SSSR count). The standard InChI is InChI=1S/C31H44N4O4S2.ClH/c1-5-7-17-34(18-8-6-2)41(37,38)27-13-11-26(12-14-27)30(36)35(19-9-16-33-20-22-39-23-21-33)31-32-29-25(4)24(3)10-15-28(29)40-31;/h10-15H,5-9,16-23H2,1-4H3;1H. The quantitative estimate of drug-likeness (QED) is 0.207. The highest BCUT2D eigenvalue weighted by Crippen LogP contribution is 2.33. The summed E-state index contributed by atoms with van der Waals surface area (Å²) < 4.78 is 35.0. The monoisotopic (exact) mass is 636 g/mol. The third-order valence-electron chi connectivity index (χ3n) is 7.77. The summed E-state index contributed by atoms with van der Waals surface area (Å²) in [5, 5.41) is 0.669. The lowest BCUT2D eigenvalue weighted by atomic mass is 10.1. The number of morpholine rings is 1. The van der Waals surface area contributed by atoms with E-state index in [0.717, 1.165) is 80.7 Å². The smallest absolute Gasteiger partial charge is 0.260 e. The van der Waals surface area contributed by atoms with Gasteiger partial charge in [0.1, 0.15) is 0 Å². The van der Waals surface area contributed by atoms with Crippen molar-refractivity contribution >= 4 is 55.0 Å². The molecule has 0 N–H and O–H groups in total. The molecule has 2 heterocycles. The van der Waals surface area contributed by atoms with Crippen molar-refractivity contribution in [3.05, 3.63) is 53.1 Å². The van der Waals surface area contributed by atoms with Gasteiger partial charge in [-0.05, 0) is 74.6 Å². The number of thiazole rings is 1. The van der Waals surface area contributed by atoms with Crippen LogP contribution in [0.3, 0.4) is 0 Å². The summed E-state index contributed by atoms with van der Waals surface area (Å²) in [4.78, 5) is 23.2. The van der Waals surface area contributed by atoms with Crippen molar-refractivity contribution < 1.29 is 17.9 Å². The highest BCUT2D eigenvalue weighted by molar-refractivity contribution is 7.89. The van der Waals surface area contributed by atoms with Crippen molar-refractivity contribution in [3.63, 3.8) is 0 Å². The van der Waals surface area contributed by atoms with Crippen LogP contribution in [0.1, 0.15) is 67.4 Å². The predicted octanol–water partition coefficient (Wildman–Crippen LogP) is 6.29. The number of amides is 1. The van der Waals surface area contributed by atoms with Gasteiger partial charge in [-0.1, -0.05) is 44.1 Å². The van der Waals surface area contributed by atoms with E-state index in [4.69, 9.17) is 9.72 Å². The lowest BCUT2D eigenvalue weighted by molar-refractivity contribution is 0.0376. The summed E-state index contributed by atoms with van der Waals surface area (Å²) in [7, 11) is -3.63. The van der Waals surface area contributed by atoms with Crippen molar-refractivity contribution in [2.45, 2.75) is 64.7 Å². The minimum absolute atomic E-state index is 0. The molecule has 11 heteroatoms. The Bertz CT molecular complexity index is 1400. The number of anilines is 1. The first kappa shape index (κ1) is 34.4. The Morgan fingerprint density at radius 2 is 1.60 bits per heavy atom. The summed E-state index contributed by atoms with van der Waals surface area (Å²) in [6.45, 7) is 13.9. The first-order chi connectivity index (χ1) is 19.8. The number of rotatable bonds is 14. The van der Waals surface area contributed by atoms with Crippen LogP contribution in [0.5, 0.6) is 0 Å². The average molecular weight is 637 g/mol. The number of ether oxygens (including phenoxy) is 1.